The third kappa shape index (κ3) is 3.71. The number of methoxy groups -OCH3 is 1. The Labute approximate surface area is 163 Å². The number of aromatic nitrogens is 2. The highest BCUT2D eigenvalue weighted by Crippen LogP contribution is 2.27. The molecule has 0 fully saturated rings. The van der Waals surface area contributed by atoms with Gasteiger partial charge in [0.25, 0.3) is 5.91 Å². The molecule has 9 heteroatoms. The van der Waals surface area contributed by atoms with Crippen LogP contribution in [0.15, 0.2) is 47.4 Å². The zero-order valence-corrected chi connectivity index (χ0v) is 16.9. The fourth-order valence-corrected chi connectivity index (χ4v) is 3.88. The first-order valence-corrected chi connectivity index (χ1v) is 9.97. The van der Waals surface area contributed by atoms with Gasteiger partial charge in [-0.2, -0.15) is 0 Å². The van der Waals surface area contributed by atoms with Crippen LogP contribution in [0.1, 0.15) is 16.2 Å². The van der Waals surface area contributed by atoms with Gasteiger partial charge in [0.15, 0.2) is 0 Å². The molecule has 0 spiro atoms. The van der Waals surface area contributed by atoms with Crippen molar-refractivity contribution in [2.75, 3.05) is 28.3 Å². The van der Waals surface area contributed by atoms with Gasteiger partial charge in [-0.1, -0.05) is 12.1 Å². The Morgan fingerprint density at radius 2 is 1.86 bits per heavy atom. The van der Waals surface area contributed by atoms with Crippen molar-refractivity contribution >= 4 is 27.0 Å². The van der Waals surface area contributed by atoms with E-state index in [0.717, 1.165) is 15.3 Å². The summed E-state index contributed by atoms with van der Waals surface area (Å²) in [4.78, 5) is 21.9. The van der Waals surface area contributed by atoms with E-state index >= 15 is 0 Å². The minimum Gasteiger partial charge on any atom is -0.495 e. The number of benzene rings is 2. The van der Waals surface area contributed by atoms with Crippen molar-refractivity contribution in [1.29, 1.82) is 0 Å². The van der Waals surface area contributed by atoms with Crippen LogP contribution in [0.25, 0.3) is 11.0 Å². The predicted molar refractivity (Wildman–Crippen MR) is 106 cm³/mol. The van der Waals surface area contributed by atoms with Crippen molar-refractivity contribution in [2.45, 2.75) is 11.4 Å². The van der Waals surface area contributed by atoms with Crippen molar-refractivity contribution in [3.8, 4) is 5.75 Å². The lowest BCUT2D eigenvalue weighted by Crippen LogP contribution is -2.27. The Kier molecular flexibility index (Phi) is 5.39. The second-order valence-electron chi connectivity index (χ2n) is 6.51. The smallest absolute Gasteiger partial charge is 0.254 e. The molecule has 28 heavy (non-hydrogen) atoms. The van der Waals surface area contributed by atoms with Crippen molar-refractivity contribution in [2.24, 2.45) is 0 Å². The number of aromatic amines is 1. The summed E-state index contributed by atoms with van der Waals surface area (Å²) < 4.78 is 31.3. The summed E-state index contributed by atoms with van der Waals surface area (Å²) in [6.45, 7) is 0.259. The van der Waals surface area contributed by atoms with E-state index in [0.29, 0.717) is 5.82 Å². The minimum atomic E-state index is -3.76. The maximum absolute atomic E-state index is 12.8. The molecular formula is C19H22N4O4S. The number of imidazole rings is 1. The summed E-state index contributed by atoms with van der Waals surface area (Å²) in [6.07, 6.45) is 0. The van der Waals surface area contributed by atoms with Crippen LogP contribution in [0, 0.1) is 0 Å². The molecule has 0 aliphatic carbocycles. The monoisotopic (exact) mass is 402 g/mol. The fourth-order valence-electron chi connectivity index (χ4n) is 2.81. The number of ether oxygens (including phenoxy) is 1. The van der Waals surface area contributed by atoms with E-state index in [1.54, 1.807) is 13.1 Å². The second-order valence-corrected chi connectivity index (χ2v) is 8.64. The lowest BCUT2D eigenvalue weighted by Gasteiger charge is -2.18. The van der Waals surface area contributed by atoms with Crippen LogP contribution in [0.4, 0.5) is 0 Å². The second kappa shape index (κ2) is 7.61. The van der Waals surface area contributed by atoms with Crippen molar-refractivity contribution in [3.05, 3.63) is 53.9 Å². The number of nitrogens with zero attached hydrogens (tertiary/aromatic N) is 3. The molecule has 1 amide bonds. The Balaban J connectivity index is 1.88. The van der Waals surface area contributed by atoms with Crippen LogP contribution in [0.3, 0.4) is 0 Å². The molecule has 0 bridgehead atoms. The Hall–Kier alpha value is -2.91. The van der Waals surface area contributed by atoms with Gasteiger partial charge in [0, 0.05) is 26.7 Å². The number of carbonyl (C=O) groups excluding carboxylic acids is 1. The van der Waals surface area contributed by atoms with Gasteiger partial charge in [0.05, 0.1) is 24.7 Å². The number of rotatable bonds is 6. The molecule has 0 aliphatic heterocycles. The standard InChI is InChI=1S/C19H22N4O4S/c1-22(2)28(25,26)17-11-13(9-10-16(17)27-4)19(24)23(3)12-18-20-14-7-5-6-8-15(14)21-18/h5-11H,12H2,1-4H3,(H,20,21). The topological polar surface area (TPSA) is 95.6 Å². The van der Waals surface area contributed by atoms with Gasteiger partial charge in [0.1, 0.15) is 16.5 Å². The van der Waals surface area contributed by atoms with E-state index in [4.69, 9.17) is 4.74 Å². The number of hydrogen-bond donors (Lipinski definition) is 1. The average Bonchev–Trinajstić information content (AvgIpc) is 3.08. The van der Waals surface area contributed by atoms with Gasteiger partial charge in [-0.05, 0) is 30.3 Å². The fraction of sp³-hybridized carbons (Fsp3) is 0.263. The molecule has 2 aromatic carbocycles. The van der Waals surface area contributed by atoms with Crippen molar-refractivity contribution < 1.29 is 17.9 Å². The van der Waals surface area contributed by atoms with E-state index in [1.807, 2.05) is 24.3 Å². The minimum absolute atomic E-state index is 0.0528. The van der Waals surface area contributed by atoms with E-state index in [9.17, 15) is 13.2 Å². The molecule has 3 rings (SSSR count). The Morgan fingerprint density at radius 3 is 2.50 bits per heavy atom. The van der Waals surface area contributed by atoms with Crippen molar-refractivity contribution in [3.63, 3.8) is 0 Å². The molecule has 148 valence electrons. The summed E-state index contributed by atoms with van der Waals surface area (Å²) in [5, 5.41) is 0. The quantitative estimate of drug-likeness (QED) is 0.681. The Bertz CT molecular complexity index is 1090. The molecule has 0 atom stereocenters. The maximum atomic E-state index is 12.8. The number of carbonyl (C=O) groups is 1. The number of H-pyrrole nitrogens is 1. The van der Waals surface area contributed by atoms with Gasteiger partial charge in [-0.15, -0.1) is 0 Å². The van der Waals surface area contributed by atoms with Crippen LogP contribution in [-0.2, 0) is 16.6 Å². The maximum Gasteiger partial charge on any atom is 0.254 e. The first-order chi connectivity index (χ1) is 13.2. The first-order valence-electron chi connectivity index (χ1n) is 8.53. The van der Waals surface area contributed by atoms with E-state index in [2.05, 4.69) is 9.97 Å². The average molecular weight is 402 g/mol. The number of amides is 1. The highest BCUT2D eigenvalue weighted by Gasteiger charge is 2.25. The molecular weight excluding hydrogens is 380 g/mol. The molecule has 0 saturated carbocycles. The summed E-state index contributed by atoms with van der Waals surface area (Å²) >= 11 is 0. The lowest BCUT2D eigenvalue weighted by molar-refractivity contribution is 0.0781. The van der Waals surface area contributed by atoms with Gasteiger partial charge in [0.2, 0.25) is 10.0 Å². The first kappa shape index (κ1) is 19.8. The van der Waals surface area contributed by atoms with Crippen LogP contribution < -0.4 is 4.74 Å². The van der Waals surface area contributed by atoms with Crippen LogP contribution >= 0.6 is 0 Å². The number of nitrogens with one attached hydrogen (secondary N) is 1. The molecule has 0 radical (unpaired) electrons. The van der Waals surface area contributed by atoms with E-state index in [1.165, 1.54) is 38.2 Å². The molecule has 0 saturated heterocycles. The Morgan fingerprint density at radius 1 is 1.14 bits per heavy atom. The summed E-state index contributed by atoms with van der Waals surface area (Å²) in [5.74, 6) is 0.509. The van der Waals surface area contributed by atoms with Crippen LogP contribution in [0.2, 0.25) is 0 Å². The van der Waals surface area contributed by atoms with Gasteiger partial charge in [-0.25, -0.2) is 17.7 Å². The highest BCUT2D eigenvalue weighted by molar-refractivity contribution is 7.89. The number of para-hydroxylation sites is 2. The molecule has 1 heterocycles. The molecule has 0 aliphatic rings. The van der Waals surface area contributed by atoms with Gasteiger partial charge < -0.3 is 14.6 Å². The third-order valence-electron chi connectivity index (χ3n) is 4.34. The van der Waals surface area contributed by atoms with Gasteiger partial charge in [-0.3, -0.25) is 4.79 Å². The normalized spacial score (nSPS) is 11.8. The highest BCUT2D eigenvalue weighted by atomic mass is 32.2. The largest absolute Gasteiger partial charge is 0.495 e. The molecule has 8 nitrogen and oxygen atoms in total. The van der Waals surface area contributed by atoms with E-state index < -0.39 is 10.0 Å². The molecule has 0 unspecified atom stereocenters. The molecule has 3 aromatic rings. The zero-order valence-electron chi connectivity index (χ0n) is 16.1. The summed E-state index contributed by atoms with van der Waals surface area (Å²) in [7, 11) is 2.12. The molecule has 1 aromatic heterocycles. The third-order valence-corrected chi connectivity index (χ3v) is 6.18. The van der Waals surface area contributed by atoms with Crippen molar-refractivity contribution in [1.82, 2.24) is 19.2 Å². The lowest BCUT2D eigenvalue weighted by atomic mass is 10.2. The van der Waals surface area contributed by atoms with Gasteiger partial charge >= 0.3 is 0 Å². The summed E-state index contributed by atoms with van der Waals surface area (Å²) in [5.41, 5.74) is 1.96. The molecule has 1 N–H and O–H groups in total. The zero-order chi connectivity index (χ0) is 20.5. The number of fused-ring (bicyclic) bond motifs is 1. The number of sulfonamides is 1. The van der Waals surface area contributed by atoms with Crippen LogP contribution in [-0.4, -0.2) is 61.8 Å². The predicted octanol–water partition coefficient (Wildman–Crippen LogP) is 2.09. The summed E-state index contributed by atoms with van der Waals surface area (Å²) in [6, 6.07) is 12.0. The van der Waals surface area contributed by atoms with E-state index in [-0.39, 0.29) is 28.7 Å². The van der Waals surface area contributed by atoms with Crippen LogP contribution in [0.5, 0.6) is 5.75 Å². The number of hydrogen-bond acceptors (Lipinski definition) is 5. The SMILES string of the molecule is COc1ccc(C(=O)N(C)Cc2nc3ccccc3[nH]2)cc1S(=O)(=O)N(C)C.